The standard InChI is InChI=1S/C69H52N2/c1-68(2,3)53-33-38-57(39-34-53)70(56-35-29-48(30-36-56)47-17-7-4-8-18-47)58-37-31-50-43-49(27-28-51(50)44-58)52-32-42-67-63(45-52)62-24-14-16-26-66(62)71(67)59-40-41-61-60-23-13-15-25-64(60)69(65(61)46-59,54-19-9-5-10-20-54)55-21-11-6-12-22-55/h4-46H,1-3H3. The molecule has 2 nitrogen and oxygen atoms in total. The first-order valence-electron chi connectivity index (χ1n) is 24.8. The third kappa shape index (κ3) is 7.01. The van der Waals surface area contributed by atoms with Gasteiger partial charge < -0.3 is 9.47 Å². The van der Waals surface area contributed by atoms with Crippen molar-refractivity contribution in [2.24, 2.45) is 0 Å². The lowest BCUT2D eigenvalue weighted by Crippen LogP contribution is -2.28. The first-order chi connectivity index (χ1) is 34.8. The highest BCUT2D eigenvalue weighted by molar-refractivity contribution is 6.11. The van der Waals surface area contributed by atoms with Crippen LogP contribution in [0.3, 0.4) is 0 Å². The lowest BCUT2D eigenvalue weighted by atomic mass is 9.67. The van der Waals surface area contributed by atoms with Crippen molar-refractivity contribution in [2.75, 3.05) is 4.90 Å². The van der Waals surface area contributed by atoms with Gasteiger partial charge in [0, 0.05) is 33.5 Å². The molecule has 0 radical (unpaired) electrons. The number of fused-ring (bicyclic) bond motifs is 7. The molecule has 0 saturated heterocycles. The molecular weight excluding hydrogens is 857 g/mol. The van der Waals surface area contributed by atoms with Gasteiger partial charge in [-0.3, -0.25) is 0 Å². The molecule has 0 amide bonds. The van der Waals surface area contributed by atoms with Crippen LogP contribution in [0.2, 0.25) is 0 Å². The zero-order chi connectivity index (χ0) is 47.7. The minimum absolute atomic E-state index is 0.0676. The van der Waals surface area contributed by atoms with Gasteiger partial charge >= 0.3 is 0 Å². The molecule has 0 atom stereocenters. The molecule has 13 rings (SSSR count). The number of aromatic nitrogens is 1. The second kappa shape index (κ2) is 16.8. The predicted molar refractivity (Wildman–Crippen MR) is 300 cm³/mol. The number of rotatable bonds is 8. The Kier molecular flexibility index (Phi) is 10.0. The fourth-order valence-corrected chi connectivity index (χ4v) is 11.5. The van der Waals surface area contributed by atoms with Crippen molar-refractivity contribution in [1.82, 2.24) is 4.57 Å². The summed E-state index contributed by atoms with van der Waals surface area (Å²) in [6.45, 7) is 6.81. The van der Waals surface area contributed by atoms with Crippen LogP contribution in [0.25, 0.3) is 71.6 Å². The molecule has 0 bridgehead atoms. The summed E-state index contributed by atoms with van der Waals surface area (Å²) in [6, 6.07) is 96.6. The lowest BCUT2D eigenvalue weighted by molar-refractivity contribution is 0.590. The summed E-state index contributed by atoms with van der Waals surface area (Å²) in [5, 5.41) is 4.88. The zero-order valence-corrected chi connectivity index (χ0v) is 40.2. The van der Waals surface area contributed by atoms with Crippen LogP contribution in [0.1, 0.15) is 48.6 Å². The molecular formula is C69H52N2. The van der Waals surface area contributed by atoms with Crippen LogP contribution in [0, 0.1) is 0 Å². The van der Waals surface area contributed by atoms with E-state index in [1.165, 1.54) is 93.8 Å². The maximum Gasteiger partial charge on any atom is 0.0714 e. The quantitative estimate of drug-likeness (QED) is 0.147. The van der Waals surface area contributed by atoms with E-state index in [4.69, 9.17) is 0 Å². The van der Waals surface area contributed by atoms with Crippen molar-refractivity contribution in [2.45, 2.75) is 31.6 Å². The van der Waals surface area contributed by atoms with E-state index >= 15 is 0 Å². The summed E-state index contributed by atoms with van der Waals surface area (Å²) in [4.78, 5) is 2.38. The van der Waals surface area contributed by atoms with E-state index in [-0.39, 0.29) is 5.41 Å². The van der Waals surface area contributed by atoms with Crippen molar-refractivity contribution in [3.8, 4) is 39.1 Å². The van der Waals surface area contributed by atoms with Crippen molar-refractivity contribution in [1.29, 1.82) is 0 Å². The predicted octanol–water partition coefficient (Wildman–Crippen LogP) is 18.4. The van der Waals surface area contributed by atoms with E-state index in [9.17, 15) is 0 Å². The maximum absolute atomic E-state index is 2.47. The minimum atomic E-state index is -0.475. The van der Waals surface area contributed by atoms with Gasteiger partial charge in [0.2, 0.25) is 0 Å². The summed E-state index contributed by atoms with van der Waals surface area (Å²) in [7, 11) is 0. The van der Waals surface area contributed by atoms with Gasteiger partial charge in [-0.2, -0.15) is 0 Å². The van der Waals surface area contributed by atoms with E-state index in [1.807, 2.05) is 0 Å². The van der Waals surface area contributed by atoms with Gasteiger partial charge in [0.05, 0.1) is 16.4 Å². The molecule has 1 aliphatic carbocycles. The monoisotopic (exact) mass is 908 g/mol. The largest absolute Gasteiger partial charge is 0.310 e. The highest BCUT2D eigenvalue weighted by Crippen LogP contribution is 2.56. The van der Waals surface area contributed by atoms with E-state index in [0.29, 0.717) is 0 Å². The third-order valence-electron chi connectivity index (χ3n) is 15.0. The van der Waals surface area contributed by atoms with Crippen LogP contribution in [0.4, 0.5) is 17.1 Å². The van der Waals surface area contributed by atoms with Crippen LogP contribution in [-0.4, -0.2) is 4.57 Å². The molecule has 0 spiro atoms. The van der Waals surface area contributed by atoms with Crippen molar-refractivity contribution in [3.63, 3.8) is 0 Å². The van der Waals surface area contributed by atoms with E-state index < -0.39 is 5.41 Å². The molecule has 11 aromatic carbocycles. The van der Waals surface area contributed by atoms with E-state index in [1.54, 1.807) is 0 Å². The first-order valence-corrected chi connectivity index (χ1v) is 24.8. The number of hydrogen-bond donors (Lipinski definition) is 0. The van der Waals surface area contributed by atoms with Crippen LogP contribution < -0.4 is 4.90 Å². The molecule has 2 heteroatoms. The Bertz CT molecular complexity index is 3890. The summed E-state index contributed by atoms with van der Waals surface area (Å²) < 4.78 is 2.47. The average Bonchev–Trinajstić information content (AvgIpc) is 3.92. The van der Waals surface area contributed by atoms with Gasteiger partial charge in [0.1, 0.15) is 0 Å². The molecule has 0 unspecified atom stereocenters. The smallest absolute Gasteiger partial charge is 0.0714 e. The van der Waals surface area contributed by atoms with Gasteiger partial charge in [-0.05, 0) is 150 Å². The molecule has 1 heterocycles. The topological polar surface area (TPSA) is 8.17 Å². The van der Waals surface area contributed by atoms with E-state index in [2.05, 4.69) is 291 Å². The molecule has 1 aliphatic rings. The highest BCUT2D eigenvalue weighted by atomic mass is 15.1. The second-order valence-electron chi connectivity index (χ2n) is 20.1. The molecule has 338 valence electrons. The van der Waals surface area contributed by atoms with Gasteiger partial charge in [-0.25, -0.2) is 0 Å². The molecule has 0 fully saturated rings. The van der Waals surface area contributed by atoms with Gasteiger partial charge in [-0.15, -0.1) is 0 Å². The van der Waals surface area contributed by atoms with E-state index in [0.717, 1.165) is 22.7 Å². The lowest BCUT2D eigenvalue weighted by Gasteiger charge is -2.34. The number of para-hydroxylation sites is 1. The van der Waals surface area contributed by atoms with Crippen LogP contribution in [-0.2, 0) is 10.8 Å². The molecule has 71 heavy (non-hydrogen) atoms. The molecule has 1 aromatic heterocycles. The van der Waals surface area contributed by atoms with Crippen molar-refractivity contribution in [3.05, 3.63) is 289 Å². The van der Waals surface area contributed by atoms with Crippen molar-refractivity contribution < 1.29 is 0 Å². The number of nitrogens with zero attached hydrogens (tertiary/aromatic N) is 2. The molecule has 0 saturated carbocycles. The Morgan fingerprint density at radius 1 is 0.352 bits per heavy atom. The normalized spacial score (nSPS) is 12.8. The number of hydrogen-bond acceptors (Lipinski definition) is 1. The van der Waals surface area contributed by atoms with Gasteiger partial charge in [0.25, 0.3) is 0 Å². The summed E-state index contributed by atoms with van der Waals surface area (Å²) in [6.07, 6.45) is 0. The fourth-order valence-electron chi connectivity index (χ4n) is 11.5. The maximum atomic E-state index is 2.47. The summed E-state index contributed by atoms with van der Waals surface area (Å²) >= 11 is 0. The molecule has 0 N–H and O–H groups in total. The van der Waals surface area contributed by atoms with Crippen LogP contribution in [0.5, 0.6) is 0 Å². The van der Waals surface area contributed by atoms with Crippen LogP contribution in [0.15, 0.2) is 261 Å². The Balaban J connectivity index is 0.897. The first kappa shape index (κ1) is 42.4. The summed E-state index contributed by atoms with van der Waals surface area (Å²) in [5.41, 5.74) is 20.4. The zero-order valence-electron chi connectivity index (χ0n) is 40.2. The fraction of sp³-hybridized carbons (Fsp3) is 0.0725. The SMILES string of the molecule is CC(C)(C)c1ccc(N(c2ccc(-c3ccccc3)cc2)c2ccc3cc(-c4ccc5c(c4)c4ccccc4n5-c4ccc5c(c4)C(c4ccccc4)(c4ccccc4)c4ccccc4-5)ccc3c2)cc1. The van der Waals surface area contributed by atoms with Gasteiger partial charge in [-0.1, -0.05) is 209 Å². The molecule has 12 aromatic rings. The third-order valence-corrected chi connectivity index (χ3v) is 15.0. The Morgan fingerprint density at radius 3 is 1.59 bits per heavy atom. The number of benzene rings is 11. The Morgan fingerprint density at radius 2 is 0.873 bits per heavy atom. The number of anilines is 3. The highest BCUT2D eigenvalue weighted by Gasteiger charge is 2.46. The molecule has 0 aliphatic heterocycles. The Labute approximate surface area is 416 Å². The second-order valence-corrected chi connectivity index (χ2v) is 20.1. The van der Waals surface area contributed by atoms with Crippen molar-refractivity contribution >= 4 is 49.6 Å². The van der Waals surface area contributed by atoms with Gasteiger partial charge in [0.15, 0.2) is 0 Å². The average molecular weight is 909 g/mol. The Hall–Kier alpha value is -8.72. The van der Waals surface area contributed by atoms with Crippen LogP contribution >= 0.6 is 0 Å². The summed E-state index contributed by atoms with van der Waals surface area (Å²) in [5.74, 6) is 0. The minimum Gasteiger partial charge on any atom is -0.310 e.